The summed E-state index contributed by atoms with van der Waals surface area (Å²) in [6.07, 6.45) is 6.14. The predicted octanol–water partition coefficient (Wildman–Crippen LogP) is 5.45. The van der Waals surface area contributed by atoms with E-state index < -0.39 is 11.0 Å². The monoisotopic (exact) mass is 514 g/mol. The summed E-state index contributed by atoms with van der Waals surface area (Å²) in [5, 5.41) is 3.01. The summed E-state index contributed by atoms with van der Waals surface area (Å²) in [4.78, 5) is 21.2. The topological polar surface area (TPSA) is 87.3 Å². The van der Waals surface area contributed by atoms with Crippen LogP contribution in [0, 0.1) is 0 Å². The Hall–Kier alpha value is -3.75. The molecule has 8 heteroatoms. The standard InChI is InChI=1S/C29H30N4O3S/c1-3-20-7-12-25(13-8-20)37(35)33(19-28-30-15-16-31-28)27-14-10-21-9-11-23(18-26(21)27)32-29(34)22-5-4-6-24(17-22)36-2/h4-9,11-13,15-18,27H,3,10,14,19H2,1-2H3,(H,30,31)(H,32,34). The second kappa shape index (κ2) is 11.1. The van der Waals surface area contributed by atoms with Gasteiger partial charge in [0.2, 0.25) is 0 Å². The van der Waals surface area contributed by atoms with Gasteiger partial charge in [-0.1, -0.05) is 31.2 Å². The highest BCUT2D eigenvalue weighted by Gasteiger charge is 2.33. The number of aromatic amines is 1. The van der Waals surface area contributed by atoms with E-state index in [2.05, 4.69) is 28.3 Å². The lowest BCUT2D eigenvalue weighted by atomic mass is 10.1. The lowest BCUT2D eigenvalue weighted by Gasteiger charge is -2.28. The average Bonchev–Trinajstić information content (AvgIpc) is 3.61. The van der Waals surface area contributed by atoms with E-state index in [4.69, 9.17) is 4.74 Å². The first kappa shape index (κ1) is 24.9. The predicted molar refractivity (Wildman–Crippen MR) is 145 cm³/mol. The maximum Gasteiger partial charge on any atom is 0.255 e. The van der Waals surface area contributed by atoms with Crippen LogP contribution in [0.25, 0.3) is 0 Å². The smallest absolute Gasteiger partial charge is 0.255 e. The minimum Gasteiger partial charge on any atom is -0.497 e. The maximum atomic E-state index is 13.9. The van der Waals surface area contributed by atoms with Gasteiger partial charge < -0.3 is 15.0 Å². The first-order valence-electron chi connectivity index (χ1n) is 12.4. The number of hydrogen-bond acceptors (Lipinski definition) is 4. The van der Waals surface area contributed by atoms with E-state index in [1.807, 2.05) is 40.7 Å². The Bertz CT molecular complexity index is 1400. The Balaban J connectivity index is 1.43. The van der Waals surface area contributed by atoms with Crippen LogP contribution in [-0.4, -0.2) is 31.5 Å². The van der Waals surface area contributed by atoms with E-state index in [0.29, 0.717) is 23.5 Å². The van der Waals surface area contributed by atoms with Crippen molar-refractivity contribution < 1.29 is 13.7 Å². The number of imidazole rings is 1. The number of benzene rings is 3. The minimum atomic E-state index is -1.39. The lowest BCUT2D eigenvalue weighted by Crippen LogP contribution is -2.30. The van der Waals surface area contributed by atoms with E-state index in [9.17, 15) is 9.00 Å². The lowest BCUT2D eigenvalue weighted by molar-refractivity contribution is 0.102. The van der Waals surface area contributed by atoms with Gasteiger partial charge in [0.15, 0.2) is 0 Å². The highest BCUT2D eigenvalue weighted by molar-refractivity contribution is 7.82. The average molecular weight is 515 g/mol. The van der Waals surface area contributed by atoms with E-state index in [1.165, 1.54) is 11.1 Å². The molecule has 0 bridgehead atoms. The number of H-pyrrole nitrogens is 1. The Morgan fingerprint density at radius 2 is 2.00 bits per heavy atom. The third-order valence-electron chi connectivity index (χ3n) is 6.74. The number of fused-ring (bicyclic) bond motifs is 1. The molecule has 0 aliphatic heterocycles. The van der Waals surface area contributed by atoms with Gasteiger partial charge in [-0.2, -0.15) is 0 Å². The molecule has 0 saturated carbocycles. The van der Waals surface area contributed by atoms with Crippen molar-refractivity contribution >= 4 is 22.6 Å². The van der Waals surface area contributed by atoms with Gasteiger partial charge in [-0.05, 0) is 78.4 Å². The molecule has 1 amide bonds. The van der Waals surface area contributed by atoms with Crippen molar-refractivity contribution in [3.63, 3.8) is 0 Å². The number of carbonyl (C=O) groups excluding carboxylic acids is 1. The Labute approximate surface area is 219 Å². The second-order valence-corrected chi connectivity index (χ2v) is 10.5. The number of aromatic nitrogens is 2. The number of aryl methyl sites for hydroxylation is 2. The summed E-state index contributed by atoms with van der Waals surface area (Å²) in [5.41, 5.74) is 4.71. The SMILES string of the molecule is CCc1ccc(S(=O)N(Cc2ncc[nH]2)C2CCc3ccc(NC(=O)c4cccc(OC)c4)cc32)cc1. The minimum absolute atomic E-state index is 0.0829. The number of methoxy groups -OCH3 is 1. The van der Waals surface area contributed by atoms with Gasteiger partial charge in [0, 0.05) is 29.7 Å². The van der Waals surface area contributed by atoms with Crippen LogP contribution in [0.1, 0.15) is 52.3 Å². The van der Waals surface area contributed by atoms with Crippen molar-refractivity contribution in [2.75, 3.05) is 12.4 Å². The van der Waals surface area contributed by atoms with E-state index in [-0.39, 0.29) is 11.9 Å². The van der Waals surface area contributed by atoms with Gasteiger partial charge >= 0.3 is 0 Å². The normalized spacial score (nSPS) is 15.4. The van der Waals surface area contributed by atoms with Crippen LogP contribution in [-0.2, 0) is 30.4 Å². The van der Waals surface area contributed by atoms with Crippen LogP contribution in [0.3, 0.4) is 0 Å². The summed E-state index contributed by atoms with van der Waals surface area (Å²) in [6, 6.07) is 20.9. The second-order valence-electron chi connectivity index (χ2n) is 9.01. The van der Waals surface area contributed by atoms with E-state index in [0.717, 1.165) is 35.5 Å². The van der Waals surface area contributed by atoms with Gasteiger partial charge in [-0.3, -0.25) is 4.79 Å². The molecule has 2 atom stereocenters. The molecule has 0 spiro atoms. The first-order chi connectivity index (χ1) is 18.1. The van der Waals surface area contributed by atoms with E-state index >= 15 is 0 Å². The zero-order chi connectivity index (χ0) is 25.8. The fourth-order valence-corrected chi connectivity index (χ4v) is 6.05. The Morgan fingerprint density at radius 3 is 2.73 bits per heavy atom. The number of ether oxygens (including phenoxy) is 1. The number of carbonyl (C=O) groups is 1. The molecule has 3 aromatic carbocycles. The van der Waals surface area contributed by atoms with Crippen molar-refractivity contribution in [3.8, 4) is 5.75 Å². The third kappa shape index (κ3) is 5.50. The van der Waals surface area contributed by atoms with Gasteiger partial charge in [0.25, 0.3) is 5.91 Å². The van der Waals surface area contributed by atoms with Crippen molar-refractivity contribution in [2.45, 2.75) is 43.7 Å². The fourth-order valence-electron chi connectivity index (χ4n) is 4.72. The zero-order valence-corrected chi connectivity index (χ0v) is 21.8. The van der Waals surface area contributed by atoms with Crippen molar-refractivity contribution in [1.82, 2.24) is 14.3 Å². The van der Waals surface area contributed by atoms with Crippen LogP contribution in [0.2, 0.25) is 0 Å². The van der Waals surface area contributed by atoms with Crippen molar-refractivity contribution in [3.05, 3.63) is 107 Å². The third-order valence-corrected chi connectivity index (χ3v) is 8.22. The molecule has 2 N–H and O–H groups in total. The highest BCUT2D eigenvalue weighted by atomic mass is 32.2. The summed E-state index contributed by atoms with van der Waals surface area (Å²) in [6.45, 7) is 2.52. The van der Waals surface area contributed by atoms with Gasteiger partial charge in [0.1, 0.15) is 22.6 Å². The molecule has 1 aliphatic rings. The van der Waals surface area contributed by atoms with Crippen LogP contribution < -0.4 is 10.1 Å². The summed E-state index contributed by atoms with van der Waals surface area (Å²) >= 11 is 0. The maximum absolute atomic E-state index is 13.9. The van der Waals surface area contributed by atoms with Crippen LogP contribution >= 0.6 is 0 Å². The molecule has 37 heavy (non-hydrogen) atoms. The molecular weight excluding hydrogens is 484 g/mol. The molecule has 0 saturated heterocycles. The molecular formula is C29H30N4O3S. The van der Waals surface area contributed by atoms with Gasteiger partial charge in [-0.15, -0.1) is 0 Å². The molecule has 4 aromatic rings. The molecule has 1 aromatic heterocycles. The molecule has 5 rings (SSSR count). The van der Waals surface area contributed by atoms with Crippen LogP contribution in [0.15, 0.2) is 84.0 Å². The molecule has 190 valence electrons. The number of amides is 1. The molecule has 0 radical (unpaired) electrons. The summed E-state index contributed by atoms with van der Waals surface area (Å²) in [7, 11) is 0.186. The number of nitrogens with zero attached hydrogens (tertiary/aromatic N) is 2. The fraction of sp³-hybridized carbons (Fsp3) is 0.241. The van der Waals surface area contributed by atoms with Crippen molar-refractivity contribution in [2.24, 2.45) is 0 Å². The number of rotatable bonds is 9. The Morgan fingerprint density at radius 1 is 1.16 bits per heavy atom. The zero-order valence-electron chi connectivity index (χ0n) is 20.9. The molecule has 0 fully saturated rings. The molecule has 2 unspecified atom stereocenters. The summed E-state index contributed by atoms with van der Waals surface area (Å²) in [5.74, 6) is 1.18. The van der Waals surface area contributed by atoms with Crippen LogP contribution in [0.4, 0.5) is 5.69 Å². The highest BCUT2D eigenvalue weighted by Crippen LogP contribution is 2.39. The van der Waals surface area contributed by atoms with Crippen molar-refractivity contribution in [1.29, 1.82) is 0 Å². The molecule has 7 nitrogen and oxygen atoms in total. The first-order valence-corrected chi connectivity index (χ1v) is 13.5. The molecule has 1 aliphatic carbocycles. The number of anilines is 1. The summed E-state index contributed by atoms with van der Waals surface area (Å²) < 4.78 is 21.1. The largest absolute Gasteiger partial charge is 0.497 e. The van der Waals surface area contributed by atoms with Gasteiger partial charge in [0.05, 0.1) is 18.6 Å². The Kier molecular flexibility index (Phi) is 7.48. The molecule has 1 heterocycles. The number of hydrogen-bond donors (Lipinski definition) is 2. The van der Waals surface area contributed by atoms with E-state index in [1.54, 1.807) is 43.8 Å². The van der Waals surface area contributed by atoms with Gasteiger partial charge in [-0.25, -0.2) is 13.5 Å². The quantitative estimate of drug-likeness (QED) is 0.311. The number of nitrogens with one attached hydrogen (secondary N) is 2. The van der Waals surface area contributed by atoms with Crippen LogP contribution in [0.5, 0.6) is 5.75 Å².